The molecule has 6 heteroatoms. The zero-order valence-corrected chi connectivity index (χ0v) is 14.2. The molecule has 25 heavy (non-hydrogen) atoms. The van der Waals surface area contributed by atoms with Crippen LogP contribution in [0.3, 0.4) is 0 Å². The van der Waals surface area contributed by atoms with Crippen molar-refractivity contribution in [2.24, 2.45) is 0 Å². The zero-order chi connectivity index (χ0) is 17.6. The van der Waals surface area contributed by atoms with E-state index in [1.807, 2.05) is 37.3 Å². The molecule has 0 aliphatic carbocycles. The Labute approximate surface area is 146 Å². The molecule has 0 atom stereocenters. The minimum absolute atomic E-state index is 0.110. The Morgan fingerprint density at radius 3 is 2.68 bits per heavy atom. The Bertz CT molecular complexity index is 846. The molecule has 1 heterocycles. The molecule has 0 saturated carbocycles. The Balaban J connectivity index is 1.76. The van der Waals surface area contributed by atoms with Crippen molar-refractivity contribution >= 4 is 5.91 Å². The van der Waals surface area contributed by atoms with Crippen LogP contribution in [-0.2, 0) is 6.54 Å². The highest BCUT2D eigenvalue weighted by atomic mass is 16.5. The molecule has 3 aromatic rings. The third-order valence-electron chi connectivity index (χ3n) is 3.81. The van der Waals surface area contributed by atoms with Crippen LogP contribution in [0, 0.1) is 0 Å². The summed E-state index contributed by atoms with van der Waals surface area (Å²) in [6, 6.07) is 16.6. The molecular formula is C19H19N3O3. The molecule has 2 aromatic carbocycles. The maximum Gasteiger partial charge on any atom is 0.254 e. The van der Waals surface area contributed by atoms with Gasteiger partial charge in [-0.15, -0.1) is 0 Å². The molecule has 0 aliphatic rings. The van der Waals surface area contributed by atoms with Crippen molar-refractivity contribution in [3.8, 4) is 17.1 Å². The van der Waals surface area contributed by atoms with E-state index in [0.717, 1.165) is 5.56 Å². The molecule has 0 radical (unpaired) electrons. The maximum absolute atomic E-state index is 12.7. The molecule has 0 N–H and O–H groups in total. The van der Waals surface area contributed by atoms with Gasteiger partial charge in [-0.25, -0.2) is 0 Å². The number of carbonyl (C=O) groups is 1. The van der Waals surface area contributed by atoms with Crippen LogP contribution < -0.4 is 4.74 Å². The second kappa shape index (κ2) is 7.61. The number of hydrogen-bond acceptors (Lipinski definition) is 5. The van der Waals surface area contributed by atoms with Crippen LogP contribution in [0.25, 0.3) is 11.4 Å². The molecule has 0 aliphatic heterocycles. The Hall–Kier alpha value is -3.15. The van der Waals surface area contributed by atoms with Gasteiger partial charge in [-0.2, -0.15) is 4.98 Å². The average Bonchev–Trinajstić information content (AvgIpc) is 3.15. The highest BCUT2D eigenvalue weighted by molar-refractivity contribution is 5.94. The minimum Gasteiger partial charge on any atom is -0.497 e. The summed E-state index contributed by atoms with van der Waals surface area (Å²) in [6.07, 6.45) is 0. The van der Waals surface area contributed by atoms with E-state index in [4.69, 9.17) is 9.26 Å². The van der Waals surface area contributed by atoms with Gasteiger partial charge in [-0.1, -0.05) is 41.6 Å². The number of aromatic nitrogens is 2. The first-order valence-corrected chi connectivity index (χ1v) is 8.02. The van der Waals surface area contributed by atoms with E-state index in [-0.39, 0.29) is 12.5 Å². The lowest BCUT2D eigenvalue weighted by Gasteiger charge is -2.19. The second-order valence-electron chi connectivity index (χ2n) is 5.43. The predicted octanol–water partition coefficient (Wildman–Crippen LogP) is 3.41. The van der Waals surface area contributed by atoms with E-state index < -0.39 is 0 Å². The van der Waals surface area contributed by atoms with Gasteiger partial charge in [-0.3, -0.25) is 4.79 Å². The van der Waals surface area contributed by atoms with Crippen LogP contribution in [0.2, 0.25) is 0 Å². The largest absolute Gasteiger partial charge is 0.497 e. The quantitative estimate of drug-likeness (QED) is 0.689. The number of methoxy groups -OCH3 is 1. The standard InChI is InChI=1S/C19H19N3O3/c1-3-22(19(23)15-10-7-11-16(12-15)24-2)13-17-20-18(21-25-17)14-8-5-4-6-9-14/h4-12H,3,13H2,1-2H3. The van der Waals surface area contributed by atoms with Gasteiger partial charge in [0.25, 0.3) is 5.91 Å². The summed E-state index contributed by atoms with van der Waals surface area (Å²) in [7, 11) is 1.57. The van der Waals surface area contributed by atoms with Crippen LogP contribution in [0.1, 0.15) is 23.2 Å². The summed E-state index contributed by atoms with van der Waals surface area (Å²) < 4.78 is 10.5. The normalized spacial score (nSPS) is 10.5. The first-order chi connectivity index (χ1) is 12.2. The molecule has 128 valence electrons. The lowest BCUT2D eigenvalue weighted by Crippen LogP contribution is -2.30. The van der Waals surface area contributed by atoms with Gasteiger partial charge >= 0.3 is 0 Å². The van der Waals surface area contributed by atoms with Crippen molar-refractivity contribution in [2.45, 2.75) is 13.5 Å². The topological polar surface area (TPSA) is 68.5 Å². The van der Waals surface area contributed by atoms with Crippen LogP contribution in [-0.4, -0.2) is 34.6 Å². The Kier molecular flexibility index (Phi) is 5.09. The summed E-state index contributed by atoms with van der Waals surface area (Å²) in [5.41, 5.74) is 1.43. The summed E-state index contributed by atoms with van der Waals surface area (Å²) in [4.78, 5) is 18.7. The summed E-state index contributed by atoms with van der Waals surface area (Å²) in [5, 5.41) is 3.99. The monoisotopic (exact) mass is 337 g/mol. The number of nitrogens with zero attached hydrogens (tertiary/aromatic N) is 3. The average molecular weight is 337 g/mol. The summed E-state index contributed by atoms with van der Waals surface area (Å²) >= 11 is 0. The van der Waals surface area contributed by atoms with Crippen LogP contribution >= 0.6 is 0 Å². The van der Waals surface area contributed by atoms with Crippen molar-refractivity contribution in [1.29, 1.82) is 0 Å². The molecule has 1 aromatic heterocycles. The second-order valence-corrected chi connectivity index (χ2v) is 5.43. The van der Waals surface area contributed by atoms with E-state index >= 15 is 0 Å². The first kappa shape index (κ1) is 16.7. The van der Waals surface area contributed by atoms with Gasteiger partial charge in [0.1, 0.15) is 12.3 Å². The highest BCUT2D eigenvalue weighted by Gasteiger charge is 2.18. The molecule has 0 spiro atoms. The van der Waals surface area contributed by atoms with E-state index in [9.17, 15) is 4.79 Å². The molecule has 1 amide bonds. The molecule has 0 bridgehead atoms. The van der Waals surface area contributed by atoms with Gasteiger partial charge in [0, 0.05) is 17.7 Å². The zero-order valence-electron chi connectivity index (χ0n) is 14.2. The third-order valence-corrected chi connectivity index (χ3v) is 3.81. The Morgan fingerprint density at radius 2 is 1.96 bits per heavy atom. The van der Waals surface area contributed by atoms with Crippen LogP contribution in [0.15, 0.2) is 59.1 Å². The van der Waals surface area contributed by atoms with E-state index in [1.54, 1.807) is 36.3 Å². The molecule has 0 saturated heterocycles. The molecule has 0 fully saturated rings. The van der Waals surface area contributed by atoms with Crippen molar-refractivity contribution in [3.05, 3.63) is 66.1 Å². The number of ether oxygens (including phenoxy) is 1. The number of benzene rings is 2. The number of carbonyl (C=O) groups excluding carboxylic acids is 1. The lowest BCUT2D eigenvalue weighted by atomic mass is 10.2. The first-order valence-electron chi connectivity index (χ1n) is 8.02. The fraction of sp³-hybridized carbons (Fsp3) is 0.211. The molecule has 6 nitrogen and oxygen atoms in total. The minimum atomic E-state index is -0.110. The SMILES string of the molecule is CCN(Cc1nc(-c2ccccc2)no1)C(=O)c1cccc(OC)c1. The van der Waals surface area contributed by atoms with Gasteiger partial charge in [0.15, 0.2) is 0 Å². The van der Waals surface area contributed by atoms with E-state index in [2.05, 4.69) is 10.1 Å². The van der Waals surface area contributed by atoms with E-state index in [1.165, 1.54) is 0 Å². The number of amides is 1. The van der Waals surface area contributed by atoms with Crippen molar-refractivity contribution in [3.63, 3.8) is 0 Å². The maximum atomic E-state index is 12.7. The summed E-state index contributed by atoms with van der Waals surface area (Å²) in [5.74, 6) is 1.45. The van der Waals surface area contributed by atoms with Crippen molar-refractivity contribution in [2.75, 3.05) is 13.7 Å². The van der Waals surface area contributed by atoms with Crippen LogP contribution in [0.4, 0.5) is 0 Å². The molecule has 3 rings (SSSR count). The third kappa shape index (κ3) is 3.85. The summed E-state index contributed by atoms with van der Waals surface area (Å²) in [6.45, 7) is 2.69. The van der Waals surface area contributed by atoms with E-state index in [0.29, 0.717) is 29.6 Å². The van der Waals surface area contributed by atoms with Crippen LogP contribution in [0.5, 0.6) is 5.75 Å². The van der Waals surface area contributed by atoms with Crippen molar-refractivity contribution in [1.82, 2.24) is 15.0 Å². The van der Waals surface area contributed by atoms with Gasteiger partial charge in [0.05, 0.1) is 7.11 Å². The molecular weight excluding hydrogens is 318 g/mol. The molecule has 0 unspecified atom stereocenters. The predicted molar refractivity (Wildman–Crippen MR) is 93.1 cm³/mol. The fourth-order valence-corrected chi connectivity index (χ4v) is 2.45. The highest BCUT2D eigenvalue weighted by Crippen LogP contribution is 2.18. The number of rotatable bonds is 6. The van der Waals surface area contributed by atoms with Gasteiger partial charge in [0.2, 0.25) is 11.7 Å². The van der Waals surface area contributed by atoms with Crippen molar-refractivity contribution < 1.29 is 14.1 Å². The number of hydrogen-bond donors (Lipinski definition) is 0. The van der Waals surface area contributed by atoms with Gasteiger partial charge in [-0.05, 0) is 25.1 Å². The Morgan fingerprint density at radius 1 is 1.16 bits per heavy atom. The van der Waals surface area contributed by atoms with Gasteiger partial charge < -0.3 is 14.2 Å². The lowest BCUT2D eigenvalue weighted by molar-refractivity contribution is 0.0734. The fourth-order valence-electron chi connectivity index (χ4n) is 2.45. The smallest absolute Gasteiger partial charge is 0.254 e.